The summed E-state index contributed by atoms with van der Waals surface area (Å²) in [6.45, 7) is 4.18. The Hall–Kier alpha value is -2.70. The van der Waals surface area contributed by atoms with Crippen LogP contribution in [0.15, 0.2) is 30.7 Å². The Labute approximate surface area is 121 Å². The van der Waals surface area contributed by atoms with Gasteiger partial charge in [-0.05, 0) is 26.0 Å². The minimum absolute atomic E-state index is 0.127. The number of rotatable bonds is 6. The molecule has 0 atom stereocenters. The van der Waals surface area contributed by atoms with Gasteiger partial charge in [-0.25, -0.2) is 4.98 Å². The Morgan fingerprint density at radius 2 is 2.24 bits per heavy atom. The number of nitrogens with zero attached hydrogens (tertiary/aromatic N) is 3. The lowest BCUT2D eigenvalue weighted by atomic mass is 10.2. The first-order chi connectivity index (χ1) is 10.0. The lowest BCUT2D eigenvalue weighted by Crippen LogP contribution is -2.08. The molecule has 2 aromatic rings. The monoisotopic (exact) mass is 289 g/mol. The van der Waals surface area contributed by atoms with Gasteiger partial charge in [-0.3, -0.25) is 14.9 Å². The molecule has 1 aromatic heterocycles. The van der Waals surface area contributed by atoms with E-state index in [2.05, 4.69) is 4.98 Å². The van der Waals surface area contributed by atoms with E-state index >= 15 is 0 Å². The van der Waals surface area contributed by atoms with Gasteiger partial charge in [0.05, 0.1) is 23.1 Å². The fourth-order valence-electron chi connectivity index (χ4n) is 1.93. The summed E-state index contributed by atoms with van der Waals surface area (Å²) in [5.74, 6) is 0.127. The molecule has 0 aliphatic carbocycles. The van der Waals surface area contributed by atoms with Gasteiger partial charge in [0, 0.05) is 17.7 Å². The predicted octanol–water partition coefficient (Wildman–Crippen LogP) is 2.76. The van der Waals surface area contributed by atoms with Crippen molar-refractivity contribution in [1.82, 2.24) is 9.55 Å². The van der Waals surface area contributed by atoms with Crippen LogP contribution in [-0.2, 0) is 6.61 Å². The van der Waals surface area contributed by atoms with Gasteiger partial charge in [0.2, 0.25) is 0 Å². The van der Waals surface area contributed by atoms with Gasteiger partial charge in [0.1, 0.15) is 12.9 Å². The van der Waals surface area contributed by atoms with Gasteiger partial charge in [0.25, 0.3) is 0 Å². The third kappa shape index (κ3) is 3.25. The first-order valence-electron chi connectivity index (χ1n) is 6.40. The average Bonchev–Trinajstić information content (AvgIpc) is 2.93. The van der Waals surface area contributed by atoms with E-state index in [1.807, 2.05) is 18.4 Å². The van der Waals surface area contributed by atoms with Crippen LogP contribution < -0.4 is 4.74 Å². The molecular formula is C14H15N3O4. The fraction of sp³-hybridized carbons (Fsp3) is 0.286. The second kappa shape index (κ2) is 6.17. The summed E-state index contributed by atoms with van der Waals surface area (Å²) >= 11 is 0. The molecule has 0 aliphatic rings. The number of benzene rings is 1. The van der Waals surface area contributed by atoms with Crippen LogP contribution in [0.25, 0.3) is 0 Å². The largest absolute Gasteiger partial charge is 0.480 e. The molecule has 7 nitrogen and oxygen atoms in total. The first kappa shape index (κ1) is 14.7. The topological polar surface area (TPSA) is 87.3 Å². The molecular weight excluding hydrogens is 274 g/mol. The molecule has 0 unspecified atom stereocenters. The van der Waals surface area contributed by atoms with Crippen LogP contribution in [-0.4, -0.2) is 20.8 Å². The summed E-state index contributed by atoms with van der Waals surface area (Å²) in [6, 6.07) is 4.33. The molecule has 0 N–H and O–H groups in total. The van der Waals surface area contributed by atoms with Gasteiger partial charge in [-0.15, -0.1) is 0 Å². The standard InChI is InChI=1S/C14H15N3O4/c1-10(2)16-9-15-6-12(16)8-21-14-4-3-11(7-18)5-13(14)17(19)20/h3-7,9-10H,8H2,1-2H3. The number of imidazole rings is 1. The Morgan fingerprint density at radius 3 is 2.86 bits per heavy atom. The van der Waals surface area contributed by atoms with Crippen molar-refractivity contribution in [2.75, 3.05) is 0 Å². The highest BCUT2D eigenvalue weighted by Gasteiger charge is 2.17. The van der Waals surface area contributed by atoms with Gasteiger partial charge < -0.3 is 9.30 Å². The maximum absolute atomic E-state index is 11.0. The highest BCUT2D eigenvalue weighted by molar-refractivity contribution is 5.77. The number of nitro benzene ring substituents is 1. The Bertz CT molecular complexity index is 664. The SMILES string of the molecule is CC(C)n1cncc1COc1ccc(C=O)cc1[N+](=O)[O-]. The van der Waals surface area contributed by atoms with Crippen molar-refractivity contribution in [2.24, 2.45) is 0 Å². The number of aromatic nitrogens is 2. The molecule has 7 heteroatoms. The predicted molar refractivity (Wildman–Crippen MR) is 75.4 cm³/mol. The molecule has 1 heterocycles. The van der Waals surface area contributed by atoms with Crippen molar-refractivity contribution >= 4 is 12.0 Å². The summed E-state index contributed by atoms with van der Waals surface area (Å²) in [5.41, 5.74) is 0.829. The number of hydrogen-bond donors (Lipinski definition) is 0. The van der Waals surface area contributed by atoms with E-state index in [0.29, 0.717) is 6.29 Å². The lowest BCUT2D eigenvalue weighted by molar-refractivity contribution is -0.386. The zero-order valence-electron chi connectivity index (χ0n) is 11.7. The molecule has 2 rings (SSSR count). The second-order valence-corrected chi connectivity index (χ2v) is 4.78. The molecule has 0 radical (unpaired) electrons. The van der Waals surface area contributed by atoms with Crippen molar-refractivity contribution in [3.8, 4) is 5.75 Å². The minimum atomic E-state index is -0.567. The normalized spacial score (nSPS) is 10.6. The molecule has 21 heavy (non-hydrogen) atoms. The third-order valence-electron chi connectivity index (χ3n) is 2.99. The molecule has 0 spiro atoms. The van der Waals surface area contributed by atoms with Crippen LogP contribution in [0.2, 0.25) is 0 Å². The van der Waals surface area contributed by atoms with Gasteiger partial charge in [-0.1, -0.05) is 0 Å². The van der Waals surface area contributed by atoms with E-state index in [-0.39, 0.29) is 29.6 Å². The van der Waals surface area contributed by atoms with Gasteiger partial charge in [0.15, 0.2) is 5.75 Å². The highest BCUT2D eigenvalue weighted by atomic mass is 16.6. The van der Waals surface area contributed by atoms with Crippen LogP contribution in [0.3, 0.4) is 0 Å². The van der Waals surface area contributed by atoms with Crippen molar-refractivity contribution in [3.05, 3.63) is 52.1 Å². The smallest absolute Gasteiger partial charge is 0.311 e. The maximum Gasteiger partial charge on any atom is 0.311 e. The Balaban J connectivity index is 2.21. The van der Waals surface area contributed by atoms with E-state index in [1.54, 1.807) is 12.5 Å². The number of carbonyl (C=O) groups is 1. The summed E-state index contributed by atoms with van der Waals surface area (Å²) in [7, 11) is 0. The lowest BCUT2D eigenvalue weighted by Gasteiger charge is -2.12. The zero-order valence-corrected chi connectivity index (χ0v) is 11.7. The highest BCUT2D eigenvalue weighted by Crippen LogP contribution is 2.28. The van der Waals surface area contributed by atoms with E-state index in [9.17, 15) is 14.9 Å². The summed E-state index contributed by atoms with van der Waals surface area (Å²) in [5, 5.41) is 11.0. The number of ether oxygens (including phenoxy) is 1. The van der Waals surface area contributed by atoms with Crippen LogP contribution in [0.4, 0.5) is 5.69 Å². The number of hydrogen-bond acceptors (Lipinski definition) is 5. The van der Waals surface area contributed by atoms with Crippen LogP contribution in [0, 0.1) is 10.1 Å². The number of aldehydes is 1. The van der Waals surface area contributed by atoms with Gasteiger partial charge >= 0.3 is 5.69 Å². The van der Waals surface area contributed by atoms with Crippen LogP contribution in [0.1, 0.15) is 35.9 Å². The van der Waals surface area contributed by atoms with Gasteiger partial charge in [-0.2, -0.15) is 0 Å². The van der Waals surface area contributed by atoms with Crippen LogP contribution in [0.5, 0.6) is 5.75 Å². The molecule has 1 aromatic carbocycles. The molecule has 0 fully saturated rings. The summed E-state index contributed by atoms with van der Waals surface area (Å²) in [6.07, 6.45) is 3.91. The Kier molecular flexibility index (Phi) is 4.32. The fourth-order valence-corrected chi connectivity index (χ4v) is 1.93. The molecule has 0 aliphatic heterocycles. The zero-order chi connectivity index (χ0) is 15.4. The third-order valence-corrected chi connectivity index (χ3v) is 2.99. The quantitative estimate of drug-likeness (QED) is 0.463. The maximum atomic E-state index is 11.0. The second-order valence-electron chi connectivity index (χ2n) is 4.78. The first-order valence-corrected chi connectivity index (χ1v) is 6.40. The van der Waals surface area contributed by atoms with E-state index in [4.69, 9.17) is 4.74 Å². The molecule has 0 bridgehead atoms. The summed E-state index contributed by atoms with van der Waals surface area (Å²) < 4.78 is 7.44. The minimum Gasteiger partial charge on any atom is -0.480 e. The average molecular weight is 289 g/mol. The van der Waals surface area contributed by atoms with Crippen LogP contribution >= 0.6 is 0 Å². The number of carbonyl (C=O) groups excluding carboxylic acids is 1. The van der Waals surface area contributed by atoms with Crippen molar-refractivity contribution in [2.45, 2.75) is 26.5 Å². The van der Waals surface area contributed by atoms with Crippen molar-refractivity contribution in [1.29, 1.82) is 0 Å². The summed E-state index contributed by atoms with van der Waals surface area (Å²) in [4.78, 5) is 25.2. The Morgan fingerprint density at radius 1 is 1.48 bits per heavy atom. The van der Waals surface area contributed by atoms with E-state index < -0.39 is 4.92 Å². The molecule has 0 amide bonds. The van der Waals surface area contributed by atoms with Crippen molar-refractivity contribution in [3.63, 3.8) is 0 Å². The molecule has 110 valence electrons. The molecule has 0 saturated carbocycles. The van der Waals surface area contributed by atoms with Crippen molar-refractivity contribution < 1.29 is 14.5 Å². The number of nitro groups is 1. The van der Waals surface area contributed by atoms with E-state index in [0.717, 1.165) is 5.69 Å². The van der Waals surface area contributed by atoms with E-state index in [1.165, 1.54) is 18.2 Å². The molecule has 0 saturated heterocycles.